The van der Waals surface area contributed by atoms with Gasteiger partial charge in [0.25, 0.3) is 11.9 Å². The SMILES string of the molecule is Cc1nc(C(=O)Nc2ccc3c(c2)OC(F)(F)O3)nn1-c1n[nH]c(C(F)(F)F)n1. The minimum Gasteiger partial charge on any atom is -0.395 e. The Morgan fingerprint density at radius 3 is 2.62 bits per heavy atom. The fraction of sp³-hybridized carbons (Fsp3) is 0.214. The molecule has 0 saturated carbocycles. The van der Waals surface area contributed by atoms with E-state index >= 15 is 0 Å². The Hall–Kier alpha value is -3.78. The number of hydrogen-bond acceptors (Lipinski definition) is 7. The highest BCUT2D eigenvalue weighted by Crippen LogP contribution is 2.42. The van der Waals surface area contributed by atoms with Gasteiger partial charge in [-0.15, -0.1) is 19.0 Å². The number of carbonyl (C=O) groups excluding carboxylic acids is 1. The molecular weight excluding hydrogens is 409 g/mol. The van der Waals surface area contributed by atoms with Crippen molar-refractivity contribution in [2.45, 2.75) is 19.4 Å². The first-order valence-corrected chi connectivity index (χ1v) is 7.67. The van der Waals surface area contributed by atoms with Crippen LogP contribution in [-0.2, 0) is 6.18 Å². The van der Waals surface area contributed by atoms with Gasteiger partial charge in [0.05, 0.1) is 0 Å². The summed E-state index contributed by atoms with van der Waals surface area (Å²) in [6.07, 6.45) is -8.55. The quantitative estimate of drug-likeness (QED) is 0.628. The number of hydrogen-bond donors (Lipinski definition) is 2. The summed E-state index contributed by atoms with van der Waals surface area (Å²) in [5, 5.41) is 11.2. The standard InChI is InChI=1S/C14H8F5N7O3/c1-5-20-9(25-26(5)12-22-11(23-24-12)13(15,16)17)10(27)21-6-2-3-7-8(4-6)29-14(18,19)28-7/h2-4H,1H3,(H,21,27)(H,22,23,24). The number of benzene rings is 1. The molecule has 0 aliphatic carbocycles. The zero-order chi connectivity index (χ0) is 21.0. The summed E-state index contributed by atoms with van der Waals surface area (Å²) >= 11 is 0. The van der Waals surface area contributed by atoms with Crippen LogP contribution in [0.4, 0.5) is 27.6 Å². The van der Waals surface area contributed by atoms with E-state index in [0.29, 0.717) is 0 Å². The van der Waals surface area contributed by atoms with Crippen molar-refractivity contribution in [2.75, 3.05) is 5.32 Å². The zero-order valence-electron chi connectivity index (χ0n) is 14.1. The number of nitrogens with one attached hydrogen (secondary N) is 2. The number of alkyl halides is 5. The number of ether oxygens (including phenoxy) is 2. The first kappa shape index (κ1) is 18.6. The summed E-state index contributed by atoms with van der Waals surface area (Å²) in [5.74, 6) is -3.54. The van der Waals surface area contributed by atoms with Crippen LogP contribution in [0.15, 0.2) is 18.2 Å². The number of amides is 1. The number of rotatable bonds is 3. The third-order valence-electron chi connectivity index (χ3n) is 3.56. The smallest absolute Gasteiger partial charge is 0.395 e. The molecule has 2 N–H and O–H groups in total. The van der Waals surface area contributed by atoms with Gasteiger partial charge in [-0.05, 0) is 19.1 Å². The van der Waals surface area contributed by atoms with E-state index in [2.05, 4.69) is 35.0 Å². The van der Waals surface area contributed by atoms with E-state index < -0.39 is 36.0 Å². The molecule has 10 nitrogen and oxygen atoms in total. The molecule has 1 amide bonds. The number of carbonyl (C=O) groups is 1. The average Bonchev–Trinajstić information content (AvgIpc) is 3.29. The highest BCUT2D eigenvalue weighted by atomic mass is 19.4. The molecule has 3 aromatic rings. The number of nitrogens with zero attached hydrogens (tertiary/aromatic N) is 5. The minimum absolute atomic E-state index is 0.0354. The Morgan fingerprint density at radius 2 is 1.93 bits per heavy atom. The van der Waals surface area contributed by atoms with Gasteiger partial charge >= 0.3 is 12.5 Å². The van der Waals surface area contributed by atoms with E-state index in [0.717, 1.165) is 16.8 Å². The number of aryl methyl sites for hydroxylation is 1. The van der Waals surface area contributed by atoms with Crippen LogP contribution in [0.3, 0.4) is 0 Å². The van der Waals surface area contributed by atoms with Crippen LogP contribution in [-0.4, -0.2) is 42.1 Å². The van der Waals surface area contributed by atoms with Gasteiger partial charge < -0.3 is 14.8 Å². The molecule has 0 fully saturated rings. The Labute approximate surface area is 156 Å². The van der Waals surface area contributed by atoms with Crippen LogP contribution in [0.1, 0.15) is 22.3 Å². The number of fused-ring (bicyclic) bond motifs is 1. The molecule has 29 heavy (non-hydrogen) atoms. The number of halogens is 5. The molecular formula is C14H8F5N7O3. The molecule has 15 heteroatoms. The van der Waals surface area contributed by atoms with Crippen molar-refractivity contribution in [1.29, 1.82) is 0 Å². The van der Waals surface area contributed by atoms with E-state index in [4.69, 9.17) is 0 Å². The maximum atomic E-state index is 13.0. The van der Waals surface area contributed by atoms with Crippen molar-refractivity contribution in [2.24, 2.45) is 0 Å². The fourth-order valence-electron chi connectivity index (χ4n) is 2.36. The number of H-pyrrole nitrogens is 1. The molecule has 0 spiro atoms. The van der Waals surface area contributed by atoms with Gasteiger partial charge in [-0.3, -0.25) is 9.89 Å². The van der Waals surface area contributed by atoms with Crippen molar-refractivity contribution in [3.63, 3.8) is 0 Å². The lowest BCUT2D eigenvalue weighted by Crippen LogP contribution is -2.25. The monoisotopic (exact) mass is 417 g/mol. The predicted molar refractivity (Wildman–Crippen MR) is 81.6 cm³/mol. The fourth-order valence-corrected chi connectivity index (χ4v) is 2.36. The minimum atomic E-state index is -4.74. The Morgan fingerprint density at radius 1 is 1.21 bits per heavy atom. The lowest BCUT2D eigenvalue weighted by Gasteiger charge is -2.04. The van der Waals surface area contributed by atoms with Gasteiger partial charge in [-0.2, -0.15) is 22.8 Å². The summed E-state index contributed by atoms with van der Waals surface area (Å²) in [4.78, 5) is 19.4. The van der Waals surface area contributed by atoms with Gasteiger partial charge in [0.1, 0.15) is 5.82 Å². The lowest BCUT2D eigenvalue weighted by molar-refractivity contribution is -0.286. The largest absolute Gasteiger partial charge is 0.586 e. The second-order valence-corrected chi connectivity index (χ2v) is 5.66. The second-order valence-electron chi connectivity index (χ2n) is 5.66. The number of anilines is 1. The van der Waals surface area contributed by atoms with Crippen LogP contribution in [0.5, 0.6) is 11.5 Å². The van der Waals surface area contributed by atoms with Gasteiger partial charge in [-0.1, -0.05) is 0 Å². The van der Waals surface area contributed by atoms with Gasteiger partial charge in [-0.25, -0.2) is 4.98 Å². The van der Waals surface area contributed by atoms with E-state index in [1.54, 1.807) is 5.10 Å². The van der Waals surface area contributed by atoms with Crippen LogP contribution in [0, 0.1) is 6.92 Å². The molecule has 0 saturated heterocycles. The first-order valence-electron chi connectivity index (χ1n) is 7.67. The lowest BCUT2D eigenvalue weighted by atomic mass is 10.3. The molecule has 4 rings (SSSR count). The van der Waals surface area contributed by atoms with Gasteiger partial charge in [0, 0.05) is 11.8 Å². The van der Waals surface area contributed by atoms with E-state index in [1.807, 2.05) is 0 Å². The molecule has 3 heterocycles. The molecule has 1 aromatic carbocycles. The third-order valence-corrected chi connectivity index (χ3v) is 3.56. The van der Waals surface area contributed by atoms with E-state index in [9.17, 15) is 26.7 Å². The second kappa shape index (κ2) is 6.11. The molecule has 152 valence electrons. The van der Waals surface area contributed by atoms with E-state index in [1.165, 1.54) is 13.0 Å². The van der Waals surface area contributed by atoms with Crippen molar-refractivity contribution in [1.82, 2.24) is 29.9 Å². The Balaban J connectivity index is 1.54. The maximum Gasteiger partial charge on any atom is 0.586 e. The average molecular weight is 417 g/mol. The highest BCUT2D eigenvalue weighted by Gasteiger charge is 2.43. The van der Waals surface area contributed by atoms with Gasteiger partial charge in [0.2, 0.25) is 11.6 Å². The summed E-state index contributed by atoms with van der Waals surface area (Å²) in [7, 11) is 0. The predicted octanol–water partition coefficient (Wildman–Crippen LogP) is 2.29. The van der Waals surface area contributed by atoms with Crippen molar-refractivity contribution >= 4 is 11.6 Å². The van der Waals surface area contributed by atoms with Crippen LogP contribution in [0.2, 0.25) is 0 Å². The van der Waals surface area contributed by atoms with Crippen molar-refractivity contribution in [3.05, 3.63) is 35.7 Å². The van der Waals surface area contributed by atoms with Crippen LogP contribution >= 0.6 is 0 Å². The van der Waals surface area contributed by atoms with Crippen molar-refractivity contribution in [3.8, 4) is 17.4 Å². The first-order chi connectivity index (χ1) is 13.5. The topological polar surface area (TPSA) is 120 Å². The summed E-state index contributed by atoms with van der Waals surface area (Å²) in [5.41, 5.74) is 0.0707. The molecule has 0 radical (unpaired) electrons. The van der Waals surface area contributed by atoms with Crippen LogP contribution in [0.25, 0.3) is 5.95 Å². The van der Waals surface area contributed by atoms with Gasteiger partial charge in [0.15, 0.2) is 11.5 Å². The molecule has 0 atom stereocenters. The summed E-state index contributed by atoms with van der Waals surface area (Å²) in [6, 6.07) is 3.54. The maximum absolute atomic E-state index is 13.0. The third kappa shape index (κ3) is 3.53. The molecule has 0 unspecified atom stereocenters. The van der Waals surface area contributed by atoms with Crippen LogP contribution < -0.4 is 14.8 Å². The molecule has 1 aliphatic rings. The molecule has 1 aliphatic heterocycles. The summed E-state index contributed by atoms with van der Waals surface area (Å²) in [6.45, 7) is 1.37. The number of aromatic amines is 1. The Bertz CT molecular complexity index is 1110. The summed E-state index contributed by atoms with van der Waals surface area (Å²) < 4.78 is 73.3. The highest BCUT2D eigenvalue weighted by molar-refractivity contribution is 6.01. The normalized spacial score (nSPS) is 14.8. The zero-order valence-corrected chi connectivity index (χ0v) is 14.1. The van der Waals surface area contributed by atoms with Crippen molar-refractivity contribution < 1.29 is 36.2 Å². The Kier molecular flexibility index (Phi) is 3.92. The molecule has 2 aromatic heterocycles. The number of aromatic nitrogens is 6. The van der Waals surface area contributed by atoms with E-state index in [-0.39, 0.29) is 23.0 Å². The molecule has 0 bridgehead atoms.